The summed E-state index contributed by atoms with van der Waals surface area (Å²) < 4.78 is 22.6. The van der Waals surface area contributed by atoms with Crippen molar-refractivity contribution in [3.8, 4) is 6.07 Å². The van der Waals surface area contributed by atoms with Crippen molar-refractivity contribution in [1.29, 1.82) is 5.26 Å². The molecular formula is C17H20N4O2. The number of aliphatic hydroxyl groups is 1. The fraction of sp³-hybridized carbons (Fsp3) is 0.471. The maximum absolute atomic E-state index is 12.3. The molecule has 0 atom stereocenters. The second kappa shape index (κ2) is 5.67. The Morgan fingerprint density at radius 1 is 1.57 bits per heavy atom. The van der Waals surface area contributed by atoms with Crippen LogP contribution < -0.4 is 10.5 Å². The summed E-state index contributed by atoms with van der Waals surface area (Å²) in [7, 11) is 0. The van der Waals surface area contributed by atoms with Gasteiger partial charge >= 0.3 is 0 Å². The van der Waals surface area contributed by atoms with Crippen LogP contribution in [0.1, 0.15) is 42.0 Å². The molecule has 1 aliphatic rings. The van der Waals surface area contributed by atoms with Crippen LogP contribution in [0.4, 0.5) is 5.69 Å². The first kappa shape index (κ1) is 12.1. The molecule has 2 aromatic heterocycles. The Hall–Kier alpha value is -2.39. The number of aromatic nitrogens is 2. The van der Waals surface area contributed by atoms with Gasteiger partial charge in [0.25, 0.3) is 5.56 Å². The van der Waals surface area contributed by atoms with Gasteiger partial charge in [0.05, 0.1) is 23.0 Å². The van der Waals surface area contributed by atoms with Gasteiger partial charge in [0.15, 0.2) is 0 Å². The minimum atomic E-state index is -2.47. The zero-order valence-corrected chi connectivity index (χ0v) is 12.9. The van der Waals surface area contributed by atoms with Crippen molar-refractivity contribution in [2.75, 3.05) is 18.0 Å². The van der Waals surface area contributed by atoms with Crippen LogP contribution in [0.15, 0.2) is 17.1 Å². The van der Waals surface area contributed by atoms with E-state index in [1.807, 2.05) is 24.0 Å². The van der Waals surface area contributed by atoms with Crippen LogP contribution in [-0.4, -0.2) is 33.8 Å². The van der Waals surface area contributed by atoms with Gasteiger partial charge in [-0.1, -0.05) is 6.92 Å². The topological polar surface area (TPSA) is 93.0 Å². The lowest BCUT2D eigenvalue weighted by Crippen LogP contribution is -2.43. The van der Waals surface area contributed by atoms with Crippen molar-refractivity contribution >= 4 is 16.6 Å². The van der Waals surface area contributed by atoms with Gasteiger partial charge < -0.3 is 15.0 Å². The molecule has 1 saturated heterocycles. The van der Waals surface area contributed by atoms with Gasteiger partial charge in [-0.15, -0.1) is 0 Å². The second-order valence-corrected chi connectivity index (χ2v) is 5.88. The van der Waals surface area contributed by atoms with Crippen molar-refractivity contribution in [1.82, 2.24) is 9.97 Å². The second-order valence-electron chi connectivity index (χ2n) is 5.88. The minimum absolute atomic E-state index is 0.00919. The summed E-state index contributed by atoms with van der Waals surface area (Å²) >= 11 is 0. The van der Waals surface area contributed by atoms with E-state index < -0.39 is 18.0 Å². The zero-order chi connectivity index (χ0) is 19.1. The van der Waals surface area contributed by atoms with Gasteiger partial charge in [0, 0.05) is 28.3 Å². The average molecular weight is 315 g/mol. The van der Waals surface area contributed by atoms with Crippen molar-refractivity contribution in [2.45, 2.75) is 38.6 Å². The molecular weight excluding hydrogens is 292 g/mol. The van der Waals surface area contributed by atoms with E-state index in [1.54, 1.807) is 6.20 Å². The number of fused-ring (bicyclic) bond motifs is 1. The maximum atomic E-state index is 12.3. The highest BCUT2D eigenvalue weighted by Gasteiger charge is 2.30. The smallest absolute Gasteiger partial charge is 0.268 e. The van der Waals surface area contributed by atoms with Crippen molar-refractivity contribution < 1.29 is 9.22 Å². The number of anilines is 1. The Bertz CT molecular complexity index is 938. The van der Waals surface area contributed by atoms with Crippen LogP contribution in [0.3, 0.4) is 0 Å². The number of rotatable bonds is 2. The normalized spacial score (nSPS) is 19.7. The highest BCUT2D eigenvalue weighted by Crippen LogP contribution is 2.32. The third-order valence-electron chi connectivity index (χ3n) is 4.31. The number of hydrogen-bond acceptors (Lipinski definition) is 5. The van der Waals surface area contributed by atoms with Gasteiger partial charge in [-0.3, -0.25) is 9.78 Å². The summed E-state index contributed by atoms with van der Waals surface area (Å²) in [5, 5.41) is 20.6. The van der Waals surface area contributed by atoms with Gasteiger partial charge in [-0.25, -0.2) is 0 Å². The molecule has 0 amide bonds. The molecule has 2 N–H and O–H groups in total. The van der Waals surface area contributed by atoms with Crippen LogP contribution in [0.2, 0.25) is 0 Å². The van der Waals surface area contributed by atoms with E-state index in [-0.39, 0.29) is 31.5 Å². The van der Waals surface area contributed by atoms with Gasteiger partial charge in [-0.2, -0.15) is 5.26 Å². The van der Waals surface area contributed by atoms with Crippen LogP contribution in [0.5, 0.6) is 0 Å². The lowest BCUT2D eigenvalue weighted by atomic mass is 9.93. The van der Waals surface area contributed by atoms with Crippen LogP contribution in [0, 0.1) is 11.3 Å². The molecule has 6 nitrogen and oxygen atoms in total. The lowest BCUT2D eigenvalue weighted by Gasteiger charge is -2.37. The van der Waals surface area contributed by atoms with Crippen LogP contribution in [-0.2, 0) is 6.42 Å². The summed E-state index contributed by atoms with van der Waals surface area (Å²) in [6.07, 6.45) is 2.35. The van der Waals surface area contributed by atoms with E-state index in [0.29, 0.717) is 23.0 Å². The largest absolute Gasteiger partial charge is 0.390 e. The summed E-state index contributed by atoms with van der Waals surface area (Å²) in [5.41, 5.74) is -0.425. The maximum Gasteiger partial charge on any atom is 0.268 e. The van der Waals surface area contributed by atoms with Crippen molar-refractivity contribution in [3.63, 3.8) is 0 Å². The highest BCUT2D eigenvalue weighted by molar-refractivity contribution is 5.94. The molecule has 0 aromatic carbocycles. The van der Waals surface area contributed by atoms with E-state index in [4.69, 9.17) is 4.11 Å². The highest BCUT2D eigenvalue weighted by atomic mass is 16.3. The number of nitriles is 1. The molecule has 120 valence electrons. The number of aryl methyl sites for hydroxylation is 1. The van der Waals surface area contributed by atoms with Crippen molar-refractivity contribution in [2.24, 2.45) is 0 Å². The Morgan fingerprint density at radius 3 is 2.91 bits per heavy atom. The Balaban J connectivity index is 2.10. The number of nitrogens with one attached hydrogen (secondary N) is 1. The number of H-pyrrole nitrogens is 1. The summed E-state index contributed by atoms with van der Waals surface area (Å²) in [5.74, 6) is 0. The Kier molecular flexibility index (Phi) is 2.98. The predicted molar refractivity (Wildman–Crippen MR) is 88.5 cm³/mol. The number of nitrogens with zero attached hydrogens (tertiary/aromatic N) is 3. The van der Waals surface area contributed by atoms with Crippen molar-refractivity contribution in [3.05, 3.63) is 33.9 Å². The summed E-state index contributed by atoms with van der Waals surface area (Å²) in [6, 6.07) is 3.80. The molecule has 0 bridgehead atoms. The first-order valence-electron chi connectivity index (χ1n) is 9.12. The van der Waals surface area contributed by atoms with E-state index in [1.165, 1.54) is 0 Å². The molecule has 1 fully saturated rings. The Labute approximate surface area is 138 Å². The lowest BCUT2D eigenvalue weighted by molar-refractivity contribution is 0.0352. The quantitative estimate of drug-likeness (QED) is 0.880. The first-order valence-corrected chi connectivity index (χ1v) is 7.62. The van der Waals surface area contributed by atoms with Gasteiger partial charge in [-0.05, 0) is 32.2 Å². The molecule has 0 spiro atoms. The third-order valence-corrected chi connectivity index (χ3v) is 4.31. The fourth-order valence-electron chi connectivity index (χ4n) is 2.95. The molecule has 0 aliphatic carbocycles. The summed E-state index contributed by atoms with van der Waals surface area (Å²) in [6.45, 7) is -0.0213. The number of hydrogen-bond donors (Lipinski definition) is 2. The molecule has 0 unspecified atom stereocenters. The van der Waals surface area contributed by atoms with Gasteiger partial charge in [0.2, 0.25) is 0 Å². The molecule has 3 heterocycles. The minimum Gasteiger partial charge on any atom is -0.390 e. The van der Waals surface area contributed by atoms with E-state index in [2.05, 4.69) is 9.97 Å². The molecule has 3 rings (SSSR count). The van der Waals surface area contributed by atoms with Crippen LogP contribution in [0.25, 0.3) is 10.9 Å². The number of pyridine rings is 2. The molecule has 0 saturated carbocycles. The molecule has 1 aliphatic heterocycles. The van der Waals surface area contributed by atoms with E-state index in [0.717, 1.165) is 5.69 Å². The SMILES string of the molecule is [2H]C([2H])([2H])C1(O)CCN(c2c(C#N)c(=O)[nH]c3cnc(CC)cc23)CC1. The molecule has 0 radical (unpaired) electrons. The third kappa shape index (κ3) is 2.80. The predicted octanol–water partition coefficient (Wildman–Crippen LogP) is 1.71. The van der Waals surface area contributed by atoms with Gasteiger partial charge in [0.1, 0.15) is 11.6 Å². The monoisotopic (exact) mass is 315 g/mol. The first-order chi connectivity index (χ1) is 12.2. The molecule has 23 heavy (non-hydrogen) atoms. The standard InChI is InChI=1S/C17H20N4O2/c1-3-11-8-12-14(10-19-11)20-16(22)13(9-18)15(12)21-6-4-17(2,23)5-7-21/h8,10,23H,3-7H2,1-2H3,(H,20,22)/i2D3. The number of piperidine rings is 1. The fourth-order valence-corrected chi connectivity index (χ4v) is 2.95. The van der Waals surface area contributed by atoms with Crippen LogP contribution >= 0.6 is 0 Å². The van der Waals surface area contributed by atoms with E-state index in [9.17, 15) is 15.2 Å². The zero-order valence-electron chi connectivity index (χ0n) is 15.9. The molecule has 6 heteroatoms. The Morgan fingerprint density at radius 2 is 2.30 bits per heavy atom. The summed E-state index contributed by atoms with van der Waals surface area (Å²) in [4.78, 5) is 21.1. The number of aromatic amines is 1. The molecule has 2 aromatic rings. The van der Waals surface area contributed by atoms with E-state index >= 15 is 0 Å². The average Bonchev–Trinajstić information content (AvgIpc) is 2.60.